The van der Waals surface area contributed by atoms with Crippen molar-refractivity contribution in [2.45, 2.75) is 13.8 Å². The van der Waals surface area contributed by atoms with Crippen molar-refractivity contribution in [3.63, 3.8) is 0 Å². The molecule has 0 N–H and O–H groups in total. The Morgan fingerprint density at radius 2 is 1.53 bits per heavy atom. The van der Waals surface area contributed by atoms with Gasteiger partial charge in [-0.25, -0.2) is 0 Å². The van der Waals surface area contributed by atoms with Gasteiger partial charge in [0.1, 0.15) is 11.5 Å². The number of rotatable bonds is 2. The van der Waals surface area contributed by atoms with Crippen molar-refractivity contribution in [1.29, 1.82) is 5.39 Å². The predicted molar refractivity (Wildman–Crippen MR) is 67.2 cm³/mol. The van der Waals surface area contributed by atoms with E-state index in [-0.39, 0.29) is 0 Å². The third kappa shape index (κ3) is 2.43. The van der Waals surface area contributed by atoms with Crippen LogP contribution in [-0.2, 0) is 0 Å². The molecule has 0 amide bonds. The number of para-hydroxylation sites is 1. The van der Waals surface area contributed by atoms with Crippen LogP contribution in [0, 0.1) is 19.2 Å². The summed E-state index contributed by atoms with van der Waals surface area (Å²) < 4.78 is 5.72. The second-order valence-corrected chi connectivity index (χ2v) is 3.92. The van der Waals surface area contributed by atoms with Crippen molar-refractivity contribution >= 4 is 5.69 Å². The maximum Gasteiger partial charge on any atom is 0.391 e. The molecule has 0 unspecified atom stereocenters. The molecule has 0 saturated carbocycles. The van der Waals surface area contributed by atoms with Crippen molar-refractivity contribution < 1.29 is 4.74 Å². The zero-order valence-corrected chi connectivity index (χ0v) is 9.84. The lowest BCUT2D eigenvalue weighted by molar-refractivity contribution is 0.482. The molecule has 3 heteroatoms. The predicted octanol–water partition coefficient (Wildman–Crippen LogP) is 4.58. The van der Waals surface area contributed by atoms with Gasteiger partial charge in [0, 0.05) is 11.1 Å². The number of benzene rings is 2. The van der Waals surface area contributed by atoms with E-state index in [9.17, 15) is 0 Å². The van der Waals surface area contributed by atoms with E-state index in [1.165, 1.54) is 0 Å². The highest BCUT2D eigenvalue weighted by Crippen LogP contribution is 2.30. The molecular formula is C14H13N2O+. The Kier molecular flexibility index (Phi) is 3.06. The highest BCUT2D eigenvalue weighted by Gasteiger charge is 2.16. The van der Waals surface area contributed by atoms with Gasteiger partial charge in [-0.05, 0) is 38.1 Å². The van der Waals surface area contributed by atoms with E-state index in [4.69, 9.17) is 10.1 Å². The van der Waals surface area contributed by atoms with Gasteiger partial charge >= 0.3 is 5.69 Å². The van der Waals surface area contributed by atoms with E-state index in [1.54, 1.807) is 0 Å². The number of hydrogen-bond acceptors (Lipinski definition) is 2. The summed E-state index contributed by atoms with van der Waals surface area (Å²) in [5.74, 6) is 1.54. The highest BCUT2D eigenvalue weighted by molar-refractivity contribution is 5.60. The molecule has 2 rings (SSSR count). The Bertz CT molecular complexity index is 548. The second-order valence-electron chi connectivity index (χ2n) is 3.92. The third-order valence-electron chi connectivity index (χ3n) is 2.54. The van der Waals surface area contributed by atoms with Gasteiger partial charge in [-0.2, -0.15) is 0 Å². The van der Waals surface area contributed by atoms with Gasteiger partial charge in [0.2, 0.25) is 5.39 Å². The normalized spacial score (nSPS) is 9.71. The third-order valence-corrected chi connectivity index (χ3v) is 2.54. The number of nitrogens with zero attached hydrogens (tertiary/aromatic N) is 2. The van der Waals surface area contributed by atoms with E-state index in [1.807, 2.05) is 56.3 Å². The topological polar surface area (TPSA) is 37.4 Å². The van der Waals surface area contributed by atoms with E-state index in [0.29, 0.717) is 5.69 Å². The van der Waals surface area contributed by atoms with Crippen molar-refractivity contribution in [3.8, 4) is 11.5 Å². The van der Waals surface area contributed by atoms with Crippen LogP contribution in [0.25, 0.3) is 4.98 Å². The lowest BCUT2D eigenvalue weighted by atomic mass is 10.1. The summed E-state index contributed by atoms with van der Waals surface area (Å²) in [6, 6.07) is 13.3. The molecule has 0 atom stereocenters. The maximum atomic E-state index is 8.86. The zero-order chi connectivity index (χ0) is 12.3. The van der Waals surface area contributed by atoms with E-state index in [2.05, 4.69) is 4.98 Å². The quantitative estimate of drug-likeness (QED) is 0.701. The summed E-state index contributed by atoms with van der Waals surface area (Å²) in [6.45, 7) is 3.78. The van der Waals surface area contributed by atoms with Gasteiger partial charge in [0.15, 0.2) is 4.98 Å². The molecule has 2 aromatic carbocycles. The van der Waals surface area contributed by atoms with Crippen molar-refractivity contribution in [2.75, 3.05) is 0 Å². The lowest BCUT2D eigenvalue weighted by Crippen LogP contribution is -1.87. The zero-order valence-electron chi connectivity index (χ0n) is 9.84. The fourth-order valence-corrected chi connectivity index (χ4v) is 1.76. The van der Waals surface area contributed by atoms with Gasteiger partial charge < -0.3 is 4.74 Å². The summed E-state index contributed by atoms with van der Waals surface area (Å²) in [4.78, 5) is 3.26. The molecule has 17 heavy (non-hydrogen) atoms. The van der Waals surface area contributed by atoms with Crippen LogP contribution < -0.4 is 4.74 Å². The van der Waals surface area contributed by atoms with E-state index in [0.717, 1.165) is 22.6 Å². The van der Waals surface area contributed by atoms with Crippen LogP contribution >= 0.6 is 0 Å². The molecule has 2 aromatic rings. The molecule has 84 valence electrons. The Morgan fingerprint density at radius 1 is 0.941 bits per heavy atom. The largest absolute Gasteiger partial charge is 0.457 e. The summed E-state index contributed by atoms with van der Waals surface area (Å²) in [5, 5.41) is 8.86. The van der Waals surface area contributed by atoms with Crippen LogP contribution in [0.15, 0.2) is 42.5 Å². The summed E-state index contributed by atoms with van der Waals surface area (Å²) in [5.41, 5.74) is 2.38. The first kappa shape index (κ1) is 11.2. The molecule has 0 aliphatic rings. The van der Waals surface area contributed by atoms with Gasteiger partial charge in [-0.15, -0.1) is 0 Å². The fraction of sp³-hybridized carbons (Fsp3) is 0.143. The van der Waals surface area contributed by atoms with Crippen LogP contribution in [0.4, 0.5) is 5.69 Å². The van der Waals surface area contributed by atoms with Crippen molar-refractivity contribution in [3.05, 3.63) is 58.6 Å². The van der Waals surface area contributed by atoms with Crippen LogP contribution in [0.3, 0.4) is 0 Å². The molecule has 0 radical (unpaired) electrons. The van der Waals surface area contributed by atoms with Crippen molar-refractivity contribution in [2.24, 2.45) is 0 Å². The lowest BCUT2D eigenvalue weighted by Gasteiger charge is -2.06. The molecule has 0 aromatic heterocycles. The Balaban J connectivity index is 2.33. The van der Waals surface area contributed by atoms with Crippen LogP contribution in [-0.4, -0.2) is 0 Å². The Labute approximate surface area is 100 Å². The molecule has 0 saturated heterocycles. The minimum absolute atomic E-state index is 0.602. The summed E-state index contributed by atoms with van der Waals surface area (Å²) >= 11 is 0. The number of ether oxygens (including phenoxy) is 1. The summed E-state index contributed by atoms with van der Waals surface area (Å²) in [7, 11) is 0. The molecule has 0 spiro atoms. The number of diazo groups is 1. The maximum absolute atomic E-state index is 8.86. The molecule has 0 aliphatic carbocycles. The Hall–Kier alpha value is -2.34. The van der Waals surface area contributed by atoms with Gasteiger partial charge in [0.25, 0.3) is 0 Å². The number of hydrogen-bond donors (Lipinski definition) is 0. The highest BCUT2D eigenvalue weighted by atomic mass is 16.5. The first-order valence-corrected chi connectivity index (χ1v) is 5.40. The van der Waals surface area contributed by atoms with Crippen LogP contribution in [0.1, 0.15) is 11.1 Å². The first-order valence-electron chi connectivity index (χ1n) is 5.40. The molecule has 0 bridgehead atoms. The smallest absolute Gasteiger partial charge is 0.391 e. The Morgan fingerprint density at radius 3 is 2.06 bits per heavy atom. The molecule has 0 heterocycles. The van der Waals surface area contributed by atoms with Gasteiger partial charge in [-0.3, -0.25) is 0 Å². The average molecular weight is 225 g/mol. The van der Waals surface area contributed by atoms with E-state index < -0.39 is 0 Å². The van der Waals surface area contributed by atoms with Crippen LogP contribution in [0.2, 0.25) is 0 Å². The average Bonchev–Trinajstić information content (AvgIpc) is 2.30. The molecule has 0 fully saturated rings. The molecular weight excluding hydrogens is 212 g/mol. The fourth-order valence-electron chi connectivity index (χ4n) is 1.76. The van der Waals surface area contributed by atoms with Crippen LogP contribution in [0.5, 0.6) is 11.5 Å². The minimum atomic E-state index is 0.602. The van der Waals surface area contributed by atoms with E-state index >= 15 is 0 Å². The molecule has 3 nitrogen and oxygen atoms in total. The van der Waals surface area contributed by atoms with Gasteiger partial charge in [0.05, 0.1) is 0 Å². The molecule has 0 aliphatic heterocycles. The summed E-state index contributed by atoms with van der Waals surface area (Å²) in [6.07, 6.45) is 0. The first-order chi connectivity index (χ1) is 8.20. The number of aryl methyl sites for hydroxylation is 2. The monoisotopic (exact) mass is 225 g/mol. The standard InChI is InChI=1S/C14H13N2O/c1-10-8-13(9-11(2)14(10)16-15)17-12-6-4-3-5-7-12/h3-9H,1-2H3/q+1. The SMILES string of the molecule is Cc1cc(Oc2ccccc2)cc(C)c1[N+]#N. The van der Waals surface area contributed by atoms with Gasteiger partial charge in [-0.1, -0.05) is 18.2 Å². The minimum Gasteiger partial charge on any atom is -0.457 e. The second kappa shape index (κ2) is 4.67. The van der Waals surface area contributed by atoms with Crippen molar-refractivity contribution in [1.82, 2.24) is 0 Å².